The highest BCUT2D eigenvalue weighted by Gasteiger charge is 2.22. The predicted octanol–water partition coefficient (Wildman–Crippen LogP) is 3.25. The number of nitro benzene ring substituents is 2. The van der Waals surface area contributed by atoms with Gasteiger partial charge >= 0.3 is 11.4 Å². The van der Waals surface area contributed by atoms with Crippen molar-refractivity contribution in [1.82, 2.24) is 0 Å². The number of halogens is 1. The number of nitro groups is 2. The van der Waals surface area contributed by atoms with E-state index in [2.05, 4.69) is 0 Å². The van der Waals surface area contributed by atoms with Gasteiger partial charge in [0, 0.05) is 11.6 Å². The first-order chi connectivity index (χ1) is 10.4. The number of benzene rings is 2. The van der Waals surface area contributed by atoms with E-state index in [1.807, 2.05) is 0 Å². The molecule has 0 spiro atoms. The fourth-order valence-electron chi connectivity index (χ4n) is 1.67. The summed E-state index contributed by atoms with van der Waals surface area (Å²) in [4.78, 5) is 30.9. The highest BCUT2D eigenvalue weighted by Crippen LogP contribution is 2.36. The van der Waals surface area contributed by atoms with E-state index in [1.54, 1.807) is 0 Å². The third kappa shape index (κ3) is 3.03. The molecule has 0 N–H and O–H groups in total. The molecular formula is C13H7FN2O6. The minimum atomic E-state index is -0.881. The minimum Gasteiger partial charge on any atom is -0.443 e. The lowest BCUT2D eigenvalue weighted by atomic mass is 10.2. The first-order valence-electron chi connectivity index (χ1n) is 5.78. The van der Waals surface area contributed by atoms with Crippen molar-refractivity contribution in [3.05, 3.63) is 68.0 Å². The van der Waals surface area contributed by atoms with Gasteiger partial charge in [0.15, 0.2) is 0 Å². The number of aldehydes is 1. The SMILES string of the molecule is O=Cc1ccc([N+](=O)[O-])c(Oc2ccc(F)cc2[N+](=O)[O-])c1. The third-order valence-corrected chi connectivity index (χ3v) is 2.65. The van der Waals surface area contributed by atoms with Crippen LogP contribution in [0.3, 0.4) is 0 Å². The number of hydrogen-bond acceptors (Lipinski definition) is 6. The molecule has 2 rings (SSSR count). The second kappa shape index (κ2) is 5.95. The standard InChI is InChI=1S/C13H7FN2O6/c14-9-2-4-12(11(6-9)16(20)21)22-13-5-8(7-17)1-3-10(13)15(18)19/h1-7H. The zero-order valence-electron chi connectivity index (χ0n) is 10.8. The topological polar surface area (TPSA) is 113 Å². The van der Waals surface area contributed by atoms with Crippen LogP contribution >= 0.6 is 0 Å². The molecule has 0 atom stereocenters. The van der Waals surface area contributed by atoms with Crippen LogP contribution in [0, 0.1) is 26.0 Å². The fourth-order valence-corrected chi connectivity index (χ4v) is 1.67. The number of hydrogen-bond donors (Lipinski definition) is 0. The normalized spacial score (nSPS) is 10.0. The highest BCUT2D eigenvalue weighted by atomic mass is 19.1. The van der Waals surface area contributed by atoms with Gasteiger partial charge in [0.1, 0.15) is 12.1 Å². The molecule has 0 amide bonds. The van der Waals surface area contributed by atoms with Crippen LogP contribution < -0.4 is 4.74 Å². The van der Waals surface area contributed by atoms with Gasteiger partial charge < -0.3 is 4.74 Å². The van der Waals surface area contributed by atoms with Crippen LogP contribution in [0.25, 0.3) is 0 Å². The summed E-state index contributed by atoms with van der Waals surface area (Å²) in [5, 5.41) is 21.8. The van der Waals surface area contributed by atoms with Gasteiger partial charge in [-0.25, -0.2) is 4.39 Å². The van der Waals surface area contributed by atoms with Crippen molar-refractivity contribution in [2.24, 2.45) is 0 Å². The maximum absolute atomic E-state index is 13.1. The van der Waals surface area contributed by atoms with Crippen LogP contribution in [0.1, 0.15) is 10.4 Å². The predicted molar refractivity (Wildman–Crippen MR) is 71.6 cm³/mol. The molecule has 8 nitrogen and oxygen atoms in total. The molecule has 2 aromatic carbocycles. The molecule has 0 aliphatic heterocycles. The van der Waals surface area contributed by atoms with Gasteiger partial charge in [-0.05, 0) is 24.3 Å². The Morgan fingerprint density at radius 2 is 1.64 bits per heavy atom. The number of ether oxygens (including phenoxy) is 1. The molecule has 0 heterocycles. The lowest BCUT2D eigenvalue weighted by Gasteiger charge is -2.07. The van der Waals surface area contributed by atoms with Crippen molar-refractivity contribution in [2.75, 3.05) is 0 Å². The molecular weight excluding hydrogens is 299 g/mol. The molecule has 0 aromatic heterocycles. The molecule has 0 aliphatic carbocycles. The van der Waals surface area contributed by atoms with E-state index in [9.17, 15) is 29.4 Å². The Hall–Kier alpha value is -3.36. The van der Waals surface area contributed by atoms with Crippen LogP contribution in [0.5, 0.6) is 11.5 Å². The van der Waals surface area contributed by atoms with Crippen molar-refractivity contribution < 1.29 is 23.8 Å². The molecule has 9 heteroatoms. The smallest absolute Gasteiger partial charge is 0.314 e. The van der Waals surface area contributed by atoms with E-state index in [0.29, 0.717) is 12.4 Å². The van der Waals surface area contributed by atoms with Gasteiger partial charge in [0.25, 0.3) is 0 Å². The summed E-state index contributed by atoms with van der Waals surface area (Å²) in [7, 11) is 0. The van der Waals surface area contributed by atoms with E-state index in [-0.39, 0.29) is 17.1 Å². The lowest BCUT2D eigenvalue weighted by Crippen LogP contribution is -1.98. The number of carbonyl (C=O) groups is 1. The number of nitrogens with zero attached hydrogens (tertiary/aromatic N) is 2. The first-order valence-corrected chi connectivity index (χ1v) is 5.78. The van der Waals surface area contributed by atoms with E-state index in [4.69, 9.17) is 4.74 Å². The number of rotatable bonds is 5. The third-order valence-electron chi connectivity index (χ3n) is 2.65. The molecule has 0 bridgehead atoms. The largest absolute Gasteiger partial charge is 0.443 e. The molecule has 112 valence electrons. The van der Waals surface area contributed by atoms with Crippen molar-refractivity contribution in [2.45, 2.75) is 0 Å². The lowest BCUT2D eigenvalue weighted by molar-refractivity contribution is -0.387. The van der Waals surface area contributed by atoms with Crippen LogP contribution in [0.15, 0.2) is 36.4 Å². The Bertz CT molecular complexity index is 777. The molecule has 0 fully saturated rings. The molecule has 0 saturated heterocycles. The molecule has 22 heavy (non-hydrogen) atoms. The summed E-state index contributed by atoms with van der Waals surface area (Å²) in [6.07, 6.45) is 0.440. The van der Waals surface area contributed by atoms with Crippen LogP contribution in [-0.4, -0.2) is 16.1 Å². The quantitative estimate of drug-likeness (QED) is 0.476. The van der Waals surface area contributed by atoms with Gasteiger partial charge in [-0.1, -0.05) is 0 Å². The van der Waals surface area contributed by atoms with Crippen LogP contribution in [0.4, 0.5) is 15.8 Å². The summed E-state index contributed by atoms with van der Waals surface area (Å²) in [6, 6.07) is 5.83. The molecule has 0 radical (unpaired) electrons. The van der Waals surface area contributed by atoms with E-state index < -0.39 is 27.0 Å². The van der Waals surface area contributed by atoms with E-state index in [0.717, 1.165) is 24.3 Å². The Kier molecular flexibility index (Phi) is 4.07. The van der Waals surface area contributed by atoms with Gasteiger partial charge in [0.05, 0.1) is 15.9 Å². The molecule has 0 saturated carbocycles. The van der Waals surface area contributed by atoms with Crippen molar-refractivity contribution >= 4 is 17.7 Å². The second-order valence-corrected chi connectivity index (χ2v) is 4.07. The molecule has 0 aliphatic rings. The Morgan fingerprint density at radius 1 is 0.955 bits per heavy atom. The second-order valence-electron chi connectivity index (χ2n) is 4.07. The molecule has 2 aromatic rings. The average Bonchev–Trinajstić information content (AvgIpc) is 2.48. The van der Waals surface area contributed by atoms with Gasteiger partial charge in [-0.15, -0.1) is 0 Å². The van der Waals surface area contributed by atoms with Gasteiger partial charge in [-0.3, -0.25) is 25.0 Å². The van der Waals surface area contributed by atoms with E-state index >= 15 is 0 Å². The summed E-state index contributed by atoms with van der Waals surface area (Å²) >= 11 is 0. The maximum Gasteiger partial charge on any atom is 0.314 e. The fraction of sp³-hybridized carbons (Fsp3) is 0. The Balaban J connectivity index is 2.53. The minimum absolute atomic E-state index is 0.0883. The van der Waals surface area contributed by atoms with Gasteiger partial charge in [0.2, 0.25) is 11.5 Å². The zero-order chi connectivity index (χ0) is 16.3. The summed E-state index contributed by atoms with van der Waals surface area (Å²) < 4.78 is 18.2. The first kappa shape index (κ1) is 15.0. The number of carbonyl (C=O) groups excluding carboxylic acids is 1. The summed E-state index contributed by atoms with van der Waals surface area (Å²) in [6.45, 7) is 0. The maximum atomic E-state index is 13.1. The van der Waals surface area contributed by atoms with Crippen molar-refractivity contribution in [3.8, 4) is 11.5 Å². The van der Waals surface area contributed by atoms with Crippen LogP contribution in [0.2, 0.25) is 0 Å². The Labute approximate surface area is 122 Å². The summed E-state index contributed by atoms with van der Waals surface area (Å²) in [5.41, 5.74) is -1.08. The van der Waals surface area contributed by atoms with Crippen molar-refractivity contribution in [3.63, 3.8) is 0 Å². The monoisotopic (exact) mass is 306 g/mol. The Morgan fingerprint density at radius 3 is 2.23 bits per heavy atom. The average molecular weight is 306 g/mol. The summed E-state index contributed by atoms with van der Waals surface area (Å²) in [5.74, 6) is -1.59. The molecule has 0 unspecified atom stereocenters. The zero-order valence-corrected chi connectivity index (χ0v) is 10.8. The van der Waals surface area contributed by atoms with Gasteiger partial charge in [-0.2, -0.15) is 0 Å². The highest BCUT2D eigenvalue weighted by molar-refractivity contribution is 5.77. The van der Waals surface area contributed by atoms with Crippen molar-refractivity contribution in [1.29, 1.82) is 0 Å². The van der Waals surface area contributed by atoms with Crippen LogP contribution in [-0.2, 0) is 0 Å². The van der Waals surface area contributed by atoms with E-state index in [1.165, 1.54) is 6.07 Å².